The molecule has 0 amide bonds. The molecule has 2 saturated heterocycles. The first-order valence-corrected chi connectivity index (χ1v) is 14.3. The molecule has 5 rings (SSSR count). The zero-order valence-corrected chi connectivity index (χ0v) is 22.3. The molecule has 202 valence electrons. The van der Waals surface area contributed by atoms with Crippen LogP contribution in [0.3, 0.4) is 0 Å². The van der Waals surface area contributed by atoms with Crippen LogP contribution in [0.4, 0.5) is 10.1 Å². The van der Waals surface area contributed by atoms with Crippen molar-refractivity contribution in [2.45, 2.75) is 50.1 Å². The van der Waals surface area contributed by atoms with E-state index in [1.807, 2.05) is 46.7 Å². The minimum Gasteiger partial charge on any atom is -0.469 e. The van der Waals surface area contributed by atoms with Crippen LogP contribution in [-0.4, -0.2) is 59.7 Å². The number of hydrogen-bond donors (Lipinski definition) is 0. The maximum Gasteiger partial charge on any atom is 0.312 e. The Morgan fingerprint density at radius 1 is 1.08 bits per heavy atom. The lowest BCUT2D eigenvalue weighted by Crippen LogP contribution is -2.45. The number of esters is 1. The Labute approximate surface area is 222 Å². The van der Waals surface area contributed by atoms with Crippen molar-refractivity contribution < 1.29 is 22.3 Å². The number of benzene rings is 2. The van der Waals surface area contributed by atoms with Crippen LogP contribution in [0.5, 0.6) is 0 Å². The number of halogens is 1. The van der Waals surface area contributed by atoms with Gasteiger partial charge in [-0.05, 0) is 43.9 Å². The van der Waals surface area contributed by atoms with E-state index in [0.29, 0.717) is 43.6 Å². The molecular weight excluding hydrogens is 509 g/mol. The Morgan fingerprint density at radius 3 is 2.50 bits per heavy atom. The van der Waals surface area contributed by atoms with Gasteiger partial charge in [0.05, 0.1) is 19.1 Å². The minimum absolute atomic E-state index is 0.0283. The lowest BCUT2D eigenvalue weighted by Gasteiger charge is -2.39. The van der Waals surface area contributed by atoms with Crippen LogP contribution in [0, 0.1) is 11.7 Å². The first-order valence-electron chi connectivity index (χ1n) is 12.8. The monoisotopic (exact) mass is 541 g/mol. The van der Waals surface area contributed by atoms with Gasteiger partial charge in [-0.2, -0.15) is 4.31 Å². The maximum atomic E-state index is 15.4. The first kappa shape index (κ1) is 26.3. The summed E-state index contributed by atoms with van der Waals surface area (Å²) in [6.07, 6.45) is 5.05. The molecule has 0 aliphatic carbocycles. The van der Waals surface area contributed by atoms with Gasteiger partial charge in [0.1, 0.15) is 23.7 Å². The van der Waals surface area contributed by atoms with Gasteiger partial charge in [0.2, 0.25) is 10.0 Å². The fourth-order valence-corrected chi connectivity index (χ4v) is 7.86. The molecule has 3 heterocycles. The SMILES string of the molecule is COC(=O)[C@H]1CN(c2ccc(CN3C(C)CCC(c4ccccc4)S3(=O)=O)c(F)c2)CC[C@H]1n1cnnc1. The average molecular weight is 542 g/mol. The third-order valence-electron chi connectivity index (χ3n) is 7.82. The summed E-state index contributed by atoms with van der Waals surface area (Å²) in [5.41, 5.74) is 1.72. The number of sulfonamides is 1. The number of methoxy groups -OCH3 is 1. The number of piperidine rings is 1. The van der Waals surface area contributed by atoms with Crippen LogP contribution >= 0.6 is 0 Å². The Hall–Kier alpha value is -3.31. The molecule has 0 spiro atoms. The summed E-state index contributed by atoms with van der Waals surface area (Å²) in [4.78, 5) is 14.5. The van der Waals surface area contributed by atoms with Gasteiger partial charge in [-0.3, -0.25) is 4.79 Å². The van der Waals surface area contributed by atoms with Crippen LogP contribution in [0.25, 0.3) is 0 Å². The number of anilines is 1. The molecule has 4 atom stereocenters. The zero-order chi connectivity index (χ0) is 26.9. The van der Waals surface area contributed by atoms with E-state index < -0.39 is 27.0 Å². The van der Waals surface area contributed by atoms with Crippen molar-refractivity contribution in [3.63, 3.8) is 0 Å². The molecule has 0 radical (unpaired) electrons. The van der Waals surface area contributed by atoms with E-state index in [1.165, 1.54) is 17.5 Å². The summed E-state index contributed by atoms with van der Waals surface area (Å²) >= 11 is 0. The van der Waals surface area contributed by atoms with E-state index >= 15 is 4.39 Å². The summed E-state index contributed by atoms with van der Waals surface area (Å²) in [5, 5.41) is 7.07. The van der Waals surface area contributed by atoms with E-state index in [2.05, 4.69) is 10.2 Å². The van der Waals surface area contributed by atoms with Crippen LogP contribution in [-0.2, 0) is 26.1 Å². The zero-order valence-electron chi connectivity index (χ0n) is 21.5. The van der Waals surface area contributed by atoms with Crippen LogP contribution < -0.4 is 4.90 Å². The Balaban J connectivity index is 1.34. The van der Waals surface area contributed by atoms with E-state index in [-0.39, 0.29) is 24.6 Å². The van der Waals surface area contributed by atoms with Gasteiger partial charge in [0.15, 0.2) is 0 Å². The molecule has 1 aromatic heterocycles. The largest absolute Gasteiger partial charge is 0.469 e. The molecule has 2 aromatic carbocycles. The predicted octanol–water partition coefficient (Wildman–Crippen LogP) is 3.71. The maximum absolute atomic E-state index is 15.4. The minimum atomic E-state index is -3.67. The van der Waals surface area contributed by atoms with E-state index in [4.69, 9.17) is 4.74 Å². The van der Waals surface area contributed by atoms with E-state index in [9.17, 15) is 13.2 Å². The Bertz CT molecular complexity index is 1370. The average Bonchev–Trinajstić information content (AvgIpc) is 3.46. The number of hydrogen-bond acceptors (Lipinski definition) is 7. The van der Waals surface area contributed by atoms with Gasteiger partial charge in [-0.15, -0.1) is 10.2 Å². The topological polar surface area (TPSA) is 97.6 Å². The number of ether oxygens (including phenoxy) is 1. The highest BCUT2D eigenvalue weighted by atomic mass is 32.2. The molecule has 2 aliphatic rings. The summed E-state index contributed by atoms with van der Waals surface area (Å²) in [5.74, 6) is -1.29. The van der Waals surface area contributed by atoms with Gasteiger partial charge in [0, 0.05) is 36.9 Å². The van der Waals surface area contributed by atoms with Crippen molar-refractivity contribution in [1.82, 2.24) is 19.1 Å². The second kappa shape index (κ2) is 10.8. The molecule has 38 heavy (non-hydrogen) atoms. The summed E-state index contributed by atoms with van der Waals surface area (Å²) in [7, 11) is -2.31. The molecule has 2 fully saturated rings. The quantitative estimate of drug-likeness (QED) is 0.439. The normalized spacial score (nSPS) is 25.7. The molecule has 0 N–H and O–H groups in total. The number of carbonyl (C=O) groups is 1. The van der Waals surface area contributed by atoms with Crippen LogP contribution in [0.15, 0.2) is 61.2 Å². The second-order valence-corrected chi connectivity index (χ2v) is 12.1. The van der Waals surface area contributed by atoms with Gasteiger partial charge >= 0.3 is 5.97 Å². The molecular formula is C27H32FN5O4S. The van der Waals surface area contributed by atoms with Crippen molar-refractivity contribution >= 4 is 21.7 Å². The third-order valence-corrected chi connectivity index (χ3v) is 10.2. The van der Waals surface area contributed by atoms with Crippen molar-refractivity contribution in [3.8, 4) is 0 Å². The predicted molar refractivity (Wildman–Crippen MR) is 140 cm³/mol. The second-order valence-electron chi connectivity index (χ2n) is 10.0. The van der Waals surface area contributed by atoms with Crippen molar-refractivity contribution in [3.05, 3.63) is 78.1 Å². The molecule has 2 aliphatic heterocycles. The van der Waals surface area contributed by atoms with Crippen LogP contribution in [0.2, 0.25) is 0 Å². The van der Waals surface area contributed by atoms with Gasteiger partial charge in [-0.1, -0.05) is 36.4 Å². The number of aromatic nitrogens is 3. The van der Waals surface area contributed by atoms with Crippen molar-refractivity contribution in [2.24, 2.45) is 5.92 Å². The summed E-state index contributed by atoms with van der Waals surface area (Å²) in [6.45, 7) is 2.80. The molecule has 11 heteroatoms. The highest BCUT2D eigenvalue weighted by Crippen LogP contribution is 2.39. The third kappa shape index (κ3) is 5.04. The van der Waals surface area contributed by atoms with Gasteiger partial charge in [0.25, 0.3) is 0 Å². The lowest BCUT2D eigenvalue weighted by atomic mass is 9.91. The Kier molecular flexibility index (Phi) is 7.49. The molecule has 0 bridgehead atoms. The summed E-state index contributed by atoms with van der Waals surface area (Å²) < 4.78 is 50.8. The lowest BCUT2D eigenvalue weighted by molar-refractivity contribution is -0.147. The molecule has 9 nitrogen and oxygen atoms in total. The van der Waals surface area contributed by atoms with E-state index in [0.717, 1.165) is 5.56 Å². The van der Waals surface area contributed by atoms with Crippen molar-refractivity contribution in [1.29, 1.82) is 0 Å². The van der Waals surface area contributed by atoms with Crippen LogP contribution in [0.1, 0.15) is 48.6 Å². The Morgan fingerprint density at radius 2 is 1.82 bits per heavy atom. The first-order chi connectivity index (χ1) is 18.3. The number of carbonyl (C=O) groups excluding carboxylic acids is 1. The molecule has 3 aromatic rings. The van der Waals surface area contributed by atoms with Gasteiger partial charge in [-0.25, -0.2) is 12.8 Å². The number of rotatable bonds is 6. The highest BCUT2D eigenvalue weighted by molar-refractivity contribution is 7.89. The molecule has 0 saturated carbocycles. The standard InChI is InChI=1S/C27H32FN5O4S/c1-19-8-11-26(20-6-4-3-5-7-20)38(35,36)33(19)15-21-9-10-22(14-24(21)28)31-13-12-25(32-17-29-30-18-32)23(16-31)27(34)37-2/h3-7,9-10,14,17-19,23,25-26H,8,11-13,15-16H2,1-2H3/t19?,23-,25+,26?/m0/s1. The number of nitrogens with zero attached hydrogens (tertiary/aromatic N) is 5. The highest BCUT2D eigenvalue weighted by Gasteiger charge is 2.41. The summed E-state index contributed by atoms with van der Waals surface area (Å²) in [6, 6.07) is 13.7. The fraction of sp³-hybridized carbons (Fsp3) is 0.444. The molecule has 2 unspecified atom stereocenters. The van der Waals surface area contributed by atoms with Crippen molar-refractivity contribution in [2.75, 3.05) is 25.1 Å². The van der Waals surface area contributed by atoms with E-state index in [1.54, 1.807) is 24.8 Å². The fourth-order valence-electron chi connectivity index (χ4n) is 5.67. The smallest absolute Gasteiger partial charge is 0.312 e. The van der Waals surface area contributed by atoms with Gasteiger partial charge < -0.3 is 14.2 Å².